The first kappa shape index (κ1) is 18.2. The smallest absolute Gasteiger partial charge is 0.268 e. The lowest BCUT2D eigenvalue weighted by Crippen LogP contribution is -2.47. The number of likely N-dealkylation sites (tertiary alicyclic amines) is 1. The number of piperidine rings is 1. The van der Waals surface area contributed by atoms with E-state index in [1.807, 2.05) is 6.92 Å². The van der Waals surface area contributed by atoms with Gasteiger partial charge in [-0.05, 0) is 47.2 Å². The van der Waals surface area contributed by atoms with Crippen LogP contribution in [0.5, 0.6) is 0 Å². The third-order valence-corrected chi connectivity index (χ3v) is 5.06. The minimum Gasteiger partial charge on any atom is -0.347 e. The van der Waals surface area contributed by atoms with Gasteiger partial charge in [0.1, 0.15) is 5.69 Å². The molecule has 1 aliphatic rings. The van der Waals surface area contributed by atoms with Crippen LogP contribution in [0.2, 0.25) is 0 Å². The van der Waals surface area contributed by atoms with Crippen molar-refractivity contribution in [2.75, 3.05) is 19.6 Å². The minimum absolute atomic E-state index is 0.0633. The minimum atomic E-state index is -0.146. The molecule has 0 aliphatic carbocycles. The molecule has 0 aromatic carbocycles. The van der Waals surface area contributed by atoms with Crippen LogP contribution in [0.1, 0.15) is 48.2 Å². The number of aldehydes is 1. The molecule has 0 spiro atoms. The standard InChI is InChI=1S/C17H26BrN3O2/c1-11-5-12(2)8-21(7-11)9-13(3)19-17(23)15-6-14(18)16(10-22)20(15)4/h6,10-13H,5,7-9H2,1-4H3,(H,19,23)/t11-,12-,13+/m1/s1. The molecule has 23 heavy (non-hydrogen) atoms. The van der Waals surface area contributed by atoms with Crippen molar-refractivity contribution in [2.45, 2.75) is 33.2 Å². The van der Waals surface area contributed by atoms with Crippen molar-refractivity contribution in [1.29, 1.82) is 0 Å². The van der Waals surface area contributed by atoms with Gasteiger partial charge in [-0.15, -0.1) is 0 Å². The van der Waals surface area contributed by atoms with Crippen LogP contribution in [-0.2, 0) is 7.05 Å². The summed E-state index contributed by atoms with van der Waals surface area (Å²) in [6.45, 7) is 9.64. The molecule has 128 valence electrons. The zero-order chi connectivity index (χ0) is 17.1. The molecule has 5 nitrogen and oxygen atoms in total. The van der Waals surface area contributed by atoms with Crippen LogP contribution in [0.25, 0.3) is 0 Å². The molecule has 1 fully saturated rings. The van der Waals surface area contributed by atoms with Crippen molar-refractivity contribution in [3.8, 4) is 0 Å². The first-order chi connectivity index (χ1) is 10.8. The normalized spacial score (nSPS) is 23.5. The lowest BCUT2D eigenvalue weighted by atomic mass is 9.92. The van der Waals surface area contributed by atoms with Gasteiger partial charge in [-0.3, -0.25) is 9.59 Å². The molecule has 1 N–H and O–H groups in total. The van der Waals surface area contributed by atoms with Gasteiger partial charge in [0.15, 0.2) is 6.29 Å². The summed E-state index contributed by atoms with van der Waals surface area (Å²) in [5.74, 6) is 1.27. The molecular weight excluding hydrogens is 358 g/mol. The number of aromatic nitrogens is 1. The number of hydrogen-bond donors (Lipinski definition) is 1. The SMILES string of the molecule is C[C@@H]1C[C@@H](C)CN(C[C@H](C)NC(=O)c2cc(Br)c(C=O)n2C)C1. The van der Waals surface area contributed by atoms with Gasteiger partial charge in [0, 0.05) is 37.2 Å². The Balaban J connectivity index is 1.96. The van der Waals surface area contributed by atoms with E-state index in [2.05, 4.69) is 40.0 Å². The van der Waals surface area contributed by atoms with Crippen molar-refractivity contribution in [1.82, 2.24) is 14.8 Å². The Morgan fingerprint density at radius 2 is 2.04 bits per heavy atom. The predicted octanol–water partition coefficient (Wildman–Crippen LogP) is 2.70. The number of nitrogens with one attached hydrogen (secondary N) is 1. The molecule has 1 saturated heterocycles. The summed E-state index contributed by atoms with van der Waals surface area (Å²) >= 11 is 3.32. The van der Waals surface area contributed by atoms with Crippen molar-refractivity contribution in [3.63, 3.8) is 0 Å². The van der Waals surface area contributed by atoms with Crippen LogP contribution in [0.3, 0.4) is 0 Å². The van der Waals surface area contributed by atoms with E-state index in [1.54, 1.807) is 17.7 Å². The molecular formula is C17H26BrN3O2. The lowest BCUT2D eigenvalue weighted by Gasteiger charge is -2.36. The molecule has 0 bridgehead atoms. The summed E-state index contributed by atoms with van der Waals surface area (Å²) in [7, 11) is 1.72. The number of halogens is 1. The fourth-order valence-electron chi connectivity index (χ4n) is 3.61. The van der Waals surface area contributed by atoms with Crippen LogP contribution in [0.15, 0.2) is 10.5 Å². The highest BCUT2D eigenvalue weighted by Gasteiger charge is 2.24. The van der Waals surface area contributed by atoms with Crippen LogP contribution in [0.4, 0.5) is 0 Å². The van der Waals surface area contributed by atoms with Gasteiger partial charge in [-0.1, -0.05) is 13.8 Å². The monoisotopic (exact) mass is 383 g/mol. The van der Waals surface area contributed by atoms with Gasteiger partial charge < -0.3 is 14.8 Å². The quantitative estimate of drug-likeness (QED) is 0.795. The third-order valence-electron chi connectivity index (χ3n) is 4.43. The van der Waals surface area contributed by atoms with Gasteiger partial charge in [0.25, 0.3) is 5.91 Å². The highest BCUT2D eigenvalue weighted by atomic mass is 79.9. The fourth-order valence-corrected chi connectivity index (χ4v) is 4.18. The molecule has 0 unspecified atom stereocenters. The van der Waals surface area contributed by atoms with Gasteiger partial charge in [0.2, 0.25) is 0 Å². The number of amides is 1. The lowest BCUT2D eigenvalue weighted by molar-refractivity contribution is 0.0897. The average Bonchev–Trinajstić information content (AvgIpc) is 2.72. The van der Waals surface area contributed by atoms with E-state index in [0.717, 1.165) is 25.9 Å². The third kappa shape index (κ3) is 4.44. The fraction of sp³-hybridized carbons (Fsp3) is 0.647. The van der Waals surface area contributed by atoms with E-state index in [9.17, 15) is 9.59 Å². The molecule has 6 heteroatoms. The second-order valence-corrected chi connectivity index (χ2v) is 7.83. The maximum absolute atomic E-state index is 12.4. The van der Waals surface area contributed by atoms with Crippen LogP contribution >= 0.6 is 15.9 Å². The Hall–Kier alpha value is -1.14. The summed E-state index contributed by atoms with van der Waals surface area (Å²) in [5.41, 5.74) is 0.965. The summed E-state index contributed by atoms with van der Waals surface area (Å²) in [5, 5.41) is 3.04. The Kier molecular flexibility index (Phi) is 6.03. The van der Waals surface area contributed by atoms with E-state index >= 15 is 0 Å². The van der Waals surface area contributed by atoms with Crippen molar-refractivity contribution < 1.29 is 9.59 Å². The second-order valence-electron chi connectivity index (χ2n) is 6.98. The van der Waals surface area contributed by atoms with Crippen molar-refractivity contribution in [3.05, 3.63) is 21.9 Å². The first-order valence-corrected chi connectivity index (χ1v) is 8.94. The number of rotatable bonds is 5. The van der Waals surface area contributed by atoms with Gasteiger partial charge in [0.05, 0.1) is 5.69 Å². The van der Waals surface area contributed by atoms with Gasteiger partial charge in [-0.2, -0.15) is 0 Å². The molecule has 2 rings (SSSR count). The summed E-state index contributed by atoms with van der Waals surface area (Å²) in [4.78, 5) is 25.9. The second kappa shape index (κ2) is 7.62. The highest BCUT2D eigenvalue weighted by molar-refractivity contribution is 9.10. The molecule has 1 aromatic rings. The van der Waals surface area contributed by atoms with E-state index in [4.69, 9.17) is 0 Å². The van der Waals surface area contributed by atoms with Crippen LogP contribution in [0, 0.1) is 11.8 Å². The first-order valence-electron chi connectivity index (χ1n) is 8.15. The molecule has 0 radical (unpaired) electrons. The van der Waals surface area contributed by atoms with E-state index < -0.39 is 0 Å². The summed E-state index contributed by atoms with van der Waals surface area (Å²) < 4.78 is 2.26. The van der Waals surface area contributed by atoms with Crippen molar-refractivity contribution in [2.24, 2.45) is 18.9 Å². The van der Waals surface area contributed by atoms with E-state index in [1.165, 1.54) is 6.42 Å². The maximum atomic E-state index is 12.4. The topological polar surface area (TPSA) is 54.3 Å². The molecule has 2 heterocycles. The number of hydrogen-bond acceptors (Lipinski definition) is 3. The Labute approximate surface area is 146 Å². The Morgan fingerprint density at radius 1 is 1.43 bits per heavy atom. The summed E-state index contributed by atoms with van der Waals surface area (Å²) in [6.07, 6.45) is 2.03. The zero-order valence-corrected chi connectivity index (χ0v) is 15.9. The number of nitrogens with zero attached hydrogens (tertiary/aromatic N) is 2. The maximum Gasteiger partial charge on any atom is 0.268 e. The van der Waals surface area contributed by atoms with Crippen LogP contribution in [-0.4, -0.2) is 47.3 Å². The zero-order valence-electron chi connectivity index (χ0n) is 14.3. The largest absolute Gasteiger partial charge is 0.347 e. The Morgan fingerprint density at radius 3 is 2.57 bits per heavy atom. The summed E-state index contributed by atoms with van der Waals surface area (Å²) in [6, 6.07) is 1.75. The Bertz CT molecular complexity index is 575. The molecule has 1 aromatic heterocycles. The predicted molar refractivity (Wildman–Crippen MR) is 94.8 cm³/mol. The van der Waals surface area contributed by atoms with Crippen LogP contribution < -0.4 is 5.32 Å². The highest BCUT2D eigenvalue weighted by Crippen LogP contribution is 2.21. The molecule has 3 atom stereocenters. The van der Waals surface area contributed by atoms with E-state index in [-0.39, 0.29) is 11.9 Å². The molecule has 0 saturated carbocycles. The molecule has 1 aliphatic heterocycles. The van der Waals surface area contributed by atoms with E-state index in [0.29, 0.717) is 27.7 Å². The number of carbonyl (C=O) groups is 2. The average molecular weight is 384 g/mol. The molecule has 1 amide bonds. The number of carbonyl (C=O) groups excluding carboxylic acids is 2. The van der Waals surface area contributed by atoms with Gasteiger partial charge >= 0.3 is 0 Å². The van der Waals surface area contributed by atoms with Gasteiger partial charge in [-0.25, -0.2) is 0 Å². The van der Waals surface area contributed by atoms with Crippen molar-refractivity contribution >= 4 is 28.1 Å².